The third kappa shape index (κ3) is 2.55. The molecule has 120 valence electrons. The summed E-state index contributed by atoms with van der Waals surface area (Å²) in [6.45, 7) is 1.85. The molecule has 0 aliphatic heterocycles. The summed E-state index contributed by atoms with van der Waals surface area (Å²) in [6, 6.07) is 1.99. The van der Waals surface area contributed by atoms with E-state index in [4.69, 9.17) is 11.6 Å². The first-order valence-electron chi connectivity index (χ1n) is 8.30. The maximum absolute atomic E-state index is 12.7. The van der Waals surface area contributed by atoms with Crippen LogP contribution in [0.5, 0.6) is 0 Å². The number of carbonyl (C=O) groups excluding carboxylic acids is 1. The fourth-order valence-electron chi connectivity index (χ4n) is 3.84. The minimum absolute atomic E-state index is 0.0285. The number of carbonyl (C=O) groups is 1. The maximum Gasteiger partial charge on any atom is 0.248 e. The summed E-state index contributed by atoms with van der Waals surface area (Å²) in [7, 11) is 0. The van der Waals surface area contributed by atoms with Crippen LogP contribution in [0, 0.1) is 0 Å². The summed E-state index contributed by atoms with van der Waals surface area (Å²) in [6.07, 6.45) is 10.0. The van der Waals surface area contributed by atoms with Crippen LogP contribution in [-0.2, 0) is 30.5 Å². The second kappa shape index (κ2) is 5.68. The van der Waals surface area contributed by atoms with Crippen molar-refractivity contribution in [2.75, 3.05) is 5.32 Å². The van der Waals surface area contributed by atoms with E-state index < -0.39 is 0 Å². The van der Waals surface area contributed by atoms with Crippen molar-refractivity contribution in [3.05, 3.63) is 45.7 Å². The molecule has 1 amide bonds. The Hall–Kier alpha value is -1.81. The SMILES string of the molecule is CC(C(=O)Nc1c2c(cc3c1CCC3)CCC2)n1cc(Cl)cn1. The second-order valence-corrected chi connectivity index (χ2v) is 6.97. The van der Waals surface area contributed by atoms with Crippen LogP contribution in [0.2, 0.25) is 5.02 Å². The molecule has 5 heteroatoms. The van der Waals surface area contributed by atoms with Crippen molar-refractivity contribution in [1.29, 1.82) is 0 Å². The third-order valence-electron chi connectivity index (χ3n) is 5.07. The summed E-state index contributed by atoms with van der Waals surface area (Å²) in [5.74, 6) is -0.0285. The van der Waals surface area contributed by atoms with Crippen molar-refractivity contribution < 1.29 is 4.79 Å². The topological polar surface area (TPSA) is 46.9 Å². The number of aryl methyl sites for hydroxylation is 2. The minimum Gasteiger partial charge on any atom is -0.324 e. The lowest BCUT2D eigenvalue weighted by molar-refractivity contribution is -0.119. The molecule has 0 radical (unpaired) electrons. The van der Waals surface area contributed by atoms with Gasteiger partial charge in [0.2, 0.25) is 5.91 Å². The number of halogens is 1. The first-order valence-corrected chi connectivity index (χ1v) is 8.68. The molecular formula is C18H20ClN3O. The number of anilines is 1. The van der Waals surface area contributed by atoms with E-state index in [9.17, 15) is 4.79 Å². The van der Waals surface area contributed by atoms with Gasteiger partial charge < -0.3 is 5.32 Å². The molecule has 4 rings (SSSR count). The molecule has 1 aromatic heterocycles. The fraction of sp³-hybridized carbons (Fsp3) is 0.444. The van der Waals surface area contributed by atoms with Crippen LogP contribution in [0.15, 0.2) is 18.5 Å². The van der Waals surface area contributed by atoms with E-state index in [1.165, 1.54) is 35.1 Å². The van der Waals surface area contributed by atoms with Gasteiger partial charge in [0.05, 0.1) is 11.2 Å². The van der Waals surface area contributed by atoms with Crippen LogP contribution in [0.3, 0.4) is 0 Å². The standard InChI is InChI=1S/C18H20ClN3O/c1-11(22-10-14(19)9-20-22)18(23)21-17-15-6-2-4-12(15)8-13-5-3-7-16(13)17/h8-11H,2-7H2,1H3,(H,21,23). The van der Waals surface area contributed by atoms with E-state index >= 15 is 0 Å². The largest absolute Gasteiger partial charge is 0.324 e. The van der Waals surface area contributed by atoms with Gasteiger partial charge in [0, 0.05) is 11.9 Å². The van der Waals surface area contributed by atoms with Crippen molar-refractivity contribution in [3.8, 4) is 0 Å². The first-order chi connectivity index (χ1) is 11.1. The van der Waals surface area contributed by atoms with Crippen LogP contribution < -0.4 is 5.32 Å². The van der Waals surface area contributed by atoms with Crippen molar-refractivity contribution >= 4 is 23.2 Å². The highest BCUT2D eigenvalue weighted by molar-refractivity contribution is 6.30. The smallest absolute Gasteiger partial charge is 0.248 e. The number of benzene rings is 1. The lowest BCUT2D eigenvalue weighted by Crippen LogP contribution is -2.25. The van der Waals surface area contributed by atoms with Gasteiger partial charge in [0.1, 0.15) is 6.04 Å². The number of hydrogen-bond acceptors (Lipinski definition) is 2. The lowest BCUT2D eigenvalue weighted by atomic mass is 9.98. The zero-order chi connectivity index (χ0) is 16.0. The predicted molar refractivity (Wildman–Crippen MR) is 91.1 cm³/mol. The van der Waals surface area contributed by atoms with Crippen LogP contribution >= 0.6 is 11.6 Å². The molecule has 2 aliphatic rings. The number of fused-ring (bicyclic) bond motifs is 2. The number of aromatic nitrogens is 2. The molecule has 1 heterocycles. The summed E-state index contributed by atoms with van der Waals surface area (Å²) in [4.78, 5) is 12.7. The van der Waals surface area contributed by atoms with Crippen LogP contribution in [0.4, 0.5) is 5.69 Å². The van der Waals surface area contributed by atoms with Crippen LogP contribution in [-0.4, -0.2) is 15.7 Å². The van der Waals surface area contributed by atoms with Crippen LogP contribution in [0.25, 0.3) is 0 Å². The molecular weight excluding hydrogens is 310 g/mol. The summed E-state index contributed by atoms with van der Waals surface area (Å²) < 4.78 is 1.61. The van der Waals surface area contributed by atoms with E-state index in [0.717, 1.165) is 31.4 Å². The lowest BCUT2D eigenvalue weighted by Gasteiger charge is -2.18. The average molecular weight is 330 g/mol. The maximum atomic E-state index is 12.7. The van der Waals surface area contributed by atoms with Gasteiger partial charge in [-0.25, -0.2) is 0 Å². The summed E-state index contributed by atoms with van der Waals surface area (Å²) in [5, 5.41) is 7.90. The number of nitrogens with one attached hydrogen (secondary N) is 1. The quantitative estimate of drug-likeness (QED) is 0.933. The Kier molecular flexibility index (Phi) is 3.64. The van der Waals surface area contributed by atoms with Crippen molar-refractivity contribution in [3.63, 3.8) is 0 Å². The molecule has 4 nitrogen and oxygen atoms in total. The average Bonchev–Trinajstić information content (AvgIpc) is 3.25. The number of rotatable bonds is 3. The van der Waals surface area contributed by atoms with E-state index in [1.807, 2.05) is 6.92 Å². The van der Waals surface area contributed by atoms with Gasteiger partial charge in [-0.2, -0.15) is 5.10 Å². The van der Waals surface area contributed by atoms with Gasteiger partial charge >= 0.3 is 0 Å². The molecule has 0 saturated carbocycles. The molecule has 1 aromatic carbocycles. The van der Waals surface area contributed by atoms with Crippen LogP contribution in [0.1, 0.15) is 48.1 Å². The molecule has 0 fully saturated rings. The monoisotopic (exact) mass is 329 g/mol. The zero-order valence-corrected chi connectivity index (χ0v) is 14.0. The first kappa shape index (κ1) is 14.8. The van der Waals surface area contributed by atoms with E-state index in [-0.39, 0.29) is 11.9 Å². The number of nitrogens with zero attached hydrogens (tertiary/aromatic N) is 2. The Morgan fingerprint density at radius 1 is 1.22 bits per heavy atom. The van der Waals surface area contributed by atoms with Crippen molar-refractivity contribution in [2.24, 2.45) is 0 Å². The number of amides is 1. The predicted octanol–water partition coefficient (Wildman–Crippen LogP) is 3.71. The Balaban J connectivity index is 1.65. The fourth-order valence-corrected chi connectivity index (χ4v) is 3.99. The Labute approximate surface area is 140 Å². The molecule has 0 bridgehead atoms. The summed E-state index contributed by atoms with van der Waals surface area (Å²) in [5.41, 5.74) is 6.64. The molecule has 1 unspecified atom stereocenters. The van der Waals surface area contributed by atoms with Gasteiger partial charge in [-0.3, -0.25) is 9.48 Å². The Bertz CT molecular complexity index is 749. The minimum atomic E-state index is -0.378. The highest BCUT2D eigenvalue weighted by Gasteiger charge is 2.26. The molecule has 0 spiro atoms. The molecule has 1 atom stereocenters. The summed E-state index contributed by atoms with van der Waals surface area (Å²) >= 11 is 5.91. The highest BCUT2D eigenvalue weighted by Crippen LogP contribution is 2.38. The van der Waals surface area contributed by atoms with E-state index in [2.05, 4.69) is 16.5 Å². The second-order valence-electron chi connectivity index (χ2n) is 6.54. The molecule has 2 aliphatic carbocycles. The van der Waals surface area contributed by atoms with E-state index in [1.54, 1.807) is 17.1 Å². The molecule has 2 aromatic rings. The van der Waals surface area contributed by atoms with Crippen molar-refractivity contribution in [1.82, 2.24) is 9.78 Å². The third-order valence-corrected chi connectivity index (χ3v) is 5.26. The number of hydrogen-bond donors (Lipinski definition) is 1. The van der Waals surface area contributed by atoms with Gasteiger partial charge in [0.15, 0.2) is 0 Å². The Morgan fingerprint density at radius 3 is 2.43 bits per heavy atom. The normalized spacial score (nSPS) is 17.0. The van der Waals surface area contributed by atoms with Crippen molar-refractivity contribution in [2.45, 2.75) is 51.5 Å². The molecule has 1 N–H and O–H groups in total. The van der Waals surface area contributed by atoms with Gasteiger partial charge in [-0.15, -0.1) is 0 Å². The van der Waals surface area contributed by atoms with Gasteiger partial charge in [-0.1, -0.05) is 17.7 Å². The highest BCUT2D eigenvalue weighted by atomic mass is 35.5. The zero-order valence-electron chi connectivity index (χ0n) is 13.2. The molecule has 23 heavy (non-hydrogen) atoms. The molecule has 0 saturated heterocycles. The Morgan fingerprint density at radius 2 is 1.87 bits per heavy atom. The van der Waals surface area contributed by atoms with Gasteiger partial charge in [-0.05, 0) is 67.7 Å². The van der Waals surface area contributed by atoms with E-state index in [0.29, 0.717) is 5.02 Å². The van der Waals surface area contributed by atoms with Gasteiger partial charge in [0.25, 0.3) is 0 Å².